The van der Waals surface area contributed by atoms with Gasteiger partial charge in [-0.05, 0) is 50.1 Å². The van der Waals surface area contributed by atoms with E-state index in [0.29, 0.717) is 18.7 Å². The molecule has 0 heterocycles. The van der Waals surface area contributed by atoms with E-state index in [1.807, 2.05) is 44.2 Å². The predicted molar refractivity (Wildman–Crippen MR) is 105 cm³/mol. The Bertz CT molecular complexity index is 726. The molecule has 0 spiro atoms. The second-order valence-electron chi connectivity index (χ2n) is 6.54. The summed E-state index contributed by atoms with van der Waals surface area (Å²) >= 11 is 0. The van der Waals surface area contributed by atoms with E-state index < -0.39 is 0 Å². The van der Waals surface area contributed by atoms with E-state index in [2.05, 4.69) is 0 Å². The topological polar surface area (TPSA) is 55.8 Å². The lowest BCUT2D eigenvalue weighted by molar-refractivity contribution is -0.140. The summed E-state index contributed by atoms with van der Waals surface area (Å²) in [7, 11) is 1.35. The highest BCUT2D eigenvalue weighted by Gasteiger charge is 2.17. The monoisotopic (exact) mass is 369 g/mol. The number of carbonyl (C=O) groups is 2. The summed E-state index contributed by atoms with van der Waals surface area (Å²) in [5.74, 6) is 0.297. The molecule has 0 radical (unpaired) electrons. The van der Waals surface area contributed by atoms with Crippen LogP contribution in [0.1, 0.15) is 36.2 Å². The van der Waals surface area contributed by atoms with E-state index in [1.165, 1.54) is 7.11 Å². The van der Waals surface area contributed by atoms with Crippen LogP contribution in [0.3, 0.4) is 0 Å². The maximum Gasteiger partial charge on any atom is 0.307 e. The lowest BCUT2D eigenvalue weighted by atomic mass is 10.1. The van der Waals surface area contributed by atoms with Gasteiger partial charge in [-0.3, -0.25) is 9.59 Å². The Morgan fingerprint density at radius 2 is 1.63 bits per heavy atom. The van der Waals surface area contributed by atoms with E-state index in [-0.39, 0.29) is 24.4 Å². The van der Waals surface area contributed by atoms with Gasteiger partial charge in [-0.25, -0.2) is 0 Å². The number of esters is 1. The molecule has 2 rings (SSSR count). The van der Waals surface area contributed by atoms with Crippen LogP contribution in [0.5, 0.6) is 5.75 Å². The summed E-state index contributed by atoms with van der Waals surface area (Å²) in [6, 6.07) is 17.1. The van der Waals surface area contributed by atoms with Gasteiger partial charge in [-0.2, -0.15) is 0 Å². The lowest BCUT2D eigenvalue weighted by Gasteiger charge is -2.22. The first-order valence-electron chi connectivity index (χ1n) is 9.16. The first-order valence-corrected chi connectivity index (χ1v) is 9.16. The van der Waals surface area contributed by atoms with Crippen molar-refractivity contribution in [1.82, 2.24) is 4.90 Å². The second-order valence-corrected chi connectivity index (χ2v) is 6.54. The fraction of sp³-hybridized carbons (Fsp3) is 0.364. The van der Waals surface area contributed by atoms with Crippen LogP contribution in [-0.2, 0) is 16.0 Å². The maximum atomic E-state index is 12.9. The fourth-order valence-electron chi connectivity index (χ4n) is 2.68. The smallest absolute Gasteiger partial charge is 0.307 e. The van der Waals surface area contributed by atoms with Crippen molar-refractivity contribution in [2.24, 2.45) is 0 Å². The average molecular weight is 369 g/mol. The van der Waals surface area contributed by atoms with E-state index >= 15 is 0 Å². The van der Waals surface area contributed by atoms with Gasteiger partial charge in [0.25, 0.3) is 5.91 Å². The van der Waals surface area contributed by atoms with Crippen molar-refractivity contribution in [2.45, 2.75) is 32.8 Å². The zero-order valence-corrected chi connectivity index (χ0v) is 16.2. The van der Waals surface area contributed by atoms with Crippen LogP contribution in [-0.4, -0.2) is 43.1 Å². The van der Waals surface area contributed by atoms with Crippen LogP contribution in [0, 0.1) is 0 Å². The Balaban J connectivity index is 2.07. The van der Waals surface area contributed by atoms with E-state index in [1.54, 1.807) is 29.2 Å². The van der Waals surface area contributed by atoms with Gasteiger partial charge in [0.05, 0.1) is 19.6 Å². The quantitative estimate of drug-likeness (QED) is 0.632. The van der Waals surface area contributed by atoms with Crippen molar-refractivity contribution in [3.8, 4) is 5.75 Å². The summed E-state index contributed by atoms with van der Waals surface area (Å²) < 4.78 is 10.3. The van der Waals surface area contributed by atoms with Crippen LogP contribution >= 0.6 is 0 Å². The summed E-state index contributed by atoms with van der Waals surface area (Å²) in [6.07, 6.45) is 0.974. The molecule has 0 aliphatic carbocycles. The molecule has 1 amide bonds. The van der Waals surface area contributed by atoms with Crippen LogP contribution in [0.15, 0.2) is 54.6 Å². The van der Waals surface area contributed by atoms with Crippen LogP contribution in [0.25, 0.3) is 0 Å². The summed E-state index contributed by atoms with van der Waals surface area (Å²) in [6.45, 7) is 4.76. The van der Waals surface area contributed by atoms with Gasteiger partial charge < -0.3 is 14.4 Å². The molecule has 144 valence electrons. The molecule has 0 fully saturated rings. The van der Waals surface area contributed by atoms with Crippen LogP contribution in [0.2, 0.25) is 0 Å². The summed E-state index contributed by atoms with van der Waals surface area (Å²) in [5, 5.41) is 0. The van der Waals surface area contributed by atoms with Crippen molar-refractivity contribution in [2.75, 3.05) is 20.2 Å². The number of amides is 1. The molecule has 0 N–H and O–H groups in total. The molecule has 2 aromatic carbocycles. The summed E-state index contributed by atoms with van der Waals surface area (Å²) in [5.41, 5.74) is 1.72. The predicted octanol–water partition coefficient (Wildman–Crippen LogP) is 3.72. The Hall–Kier alpha value is -2.82. The Morgan fingerprint density at radius 1 is 0.963 bits per heavy atom. The normalized spacial score (nSPS) is 10.5. The van der Waals surface area contributed by atoms with Crippen molar-refractivity contribution in [1.29, 1.82) is 0 Å². The molecule has 0 saturated heterocycles. The molecule has 0 aliphatic heterocycles. The standard InChI is InChI=1S/C22H27NO4/c1-17(2)27-20-11-9-19(10-12-20)22(25)23(16-14-21(24)26-3)15-13-18-7-5-4-6-8-18/h4-12,17H,13-16H2,1-3H3. The minimum absolute atomic E-state index is 0.0778. The Morgan fingerprint density at radius 3 is 2.22 bits per heavy atom. The molecule has 0 atom stereocenters. The largest absolute Gasteiger partial charge is 0.491 e. The third-order valence-corrected chi connectivity index (χ3v) is 4.09. The number of ether oxygens (including phenoxy) is 2. The maximum absolute atomic E-state index is 12.9. The molecule has 0 aliphatic rings. The molecule has 0 unspecified atom stereocenters. The highest BCUT2D eigenvalue weighted by atomic mass is 16.5. The van der Waals surface area contributed by atoms with E-state index in [4.69, 9.17) is 9.47 Å². The molecule has 0 aromatic heterocycles. The molecule has 0 bridgehead atoms. The Labute approximate surface area is 160 Å². The van der Waals surface area contributed by atoms with Gasteiger partial charge in [0.15, 0.2) is 0 Å². The minimum Gasteiger partial charge on any atom is -0.491 e. The number of carbonyl (C=O) groups excluding carboxylic acids is 2. The highest BCUT2D eigenvalue weighted by Crippen LogP contribution is 2.16. The van der Waals surface area contributed by atoms with Crippen LogP contribution < -0.4 is 4.74 Å². The molecular weight excluding hydrogens is 342 g/mol. The SMILES string of the molecule is COC(=O)CCN(CCc1ccccc1)C(=O)c1ccc(OC(C)C)cc1. The molecule has 5 heteroatoms. The summed E-state index contributed by atoms with van der Waals surface area (Å²) in [4.78, 5) is 26.2. The van der Waals surface area contributed by atoms with Gasteiger partial charge in [0.2, 0.25) is 0 Å². The molecule has 5 nitrogen and oxygen atoms in total. The first-order chi connectivity index (χ1) is 13.0. The number of hydrogen-bond donors (Lipinski definition) is 0. The number of rotatable bonds is 9. The van der Waals surface area contributed by atoms with Crippen LogP contribution in [0.4, 0.5) is 0 Å². The highest BCUT2D eigenvalue weighted by molar-refractivity contribution is 5.94. The third kappa shape index (κ3) is 6.77. The van der Waals surface area contributed by atoms with Crippen molar-refractivity contribution in [3.63, 3.8) is 0 Å². The van der Waals surface area contributed by atoms with Gasteiger partial charge >= 0.3 is 5.97 Å². The Kier molecular flexibility index (Phi) is 7.86. The van der Waals surface area contributed by atoms with Gasteiger partial charge in [0.1, 0.15) is 5.75 Å². The zero-order chi connectivity index (χ0) is 19.6. The molecular formula is C22H27NO4. The zero-order valence-electron chi connectivity index (χ0n) is 16.2. The molecule has 0 saturated carbocycles. The molecule has 27 heavy (non-hydrogen) atoms. The molecule has 2 aromatic rings. The first kappa shape index (κ1) is 20.5. The third-order valence-electron chi connectivity index (χ3n) is 4.09. The minimum atomic E-state index is -0.326. The van der Waals surface area contributed by atoms with Crippen molar-refractivity contribution in [3.05, 3.63) is 65.7 Å². The lowest BCUT2D eigenvalue weighted by Crippen LogP contribution is -2.35. The van der Waals surface area contributed by atoms with Gasteiger partial charge in [-0.15, -0.1) is 0 Å². The number of methoxy groups -OCH3 is 1. The fourth-order valence-corrected chi connectivity index (χ4v) is 2.68. The van der Waals surface area contributed by atoms with Gasteiger partial charge in [0, 0.05) is 18.7 Å². The number of hydrogen-bond acceptors (Lipinski definition) is 4. The second kappa shape index (κ2) is 10.4. The van der Waals surface area contributed by atoms with Gasteiger partial charge in [-0.1, -0.05) is 30.3 Å². The van der Waals surface area contributed by atoms with Crippen molar-refractivity contribution >= 4 is 11.9 Å². The number of nitrogens with zero attached hydrogens (tertiary/aromatic N) is 1. The average Bonchev–Trinajstić information content (AvgIpc) is 2.68. The number of benzene rings is 2. The van der Waals surface area contributed by atoms with Crippen molar-refractivity contribution < 1.29 is 19.1 Å². The van der Waals surface area contributed by atoms with E-state index in [9.17, 15) is 9.59 Å². The van der Waals surface area contributed by atoms with E-state index in [0.717, 1.165) is 17.7 Å².